The Hall–Kier alpha value is -1.60. The molecular weight excluding hydrogens is 449 g/mol. The van der Waals surface area contributed by atoms with Gasteiger partial charge in [0.15, 0.2) is 9.84 Å². The minimum Gasteiger partial charge on any atom is -0.329 e. The van der Waals surface area contributed by atoms with Gasteiger partial charge in [-0.2, -0.15) is 0 Å². The van der Waals surface area contributed by atoms with Gasteiger partial charge in [0.1, 0.15) is 4.88 Å². The van der Waals surface area contributed by atoms with E-state index in [1.807, 2.05) is 43.3 Å². The van der Waals surface area contributed by atoms with Gasteiger partial charge in [-0.25, -0.2) is 8.42 Å². The zero-order valence-electron chi connectivity index (χ0n) is 15.7. The molecule has 2 heterocycles. The number of rotatable bonds is 4. The van der Waals surface area contributed by atoms with Gasteiger partial charge in [0.25, 0.3) is 5.91 Å². The molecule has 152 valence electrons. The molecule has 2 aromatic carbocycles. The summed E-state index contributed by atoms with van der Waals surface area (Å²) in [6.45, 7) is 2.23. The Kier molecular flexibility index (Phi) is 5.64. The number of benzene rings is 2. The number of nitrogens with zero attached hydrogens (tertiary/aromatic N) is 1. The van der Waals surface area contributed by atoms with E-state index in [2.05, 4.69) is 0 Å². The van der Waals surface area contributed by atoms with Crippen molar-refractivity contribution in [2.45, 2.75) is 25.9 Å². The van der Waals surface area contributed by atoms with Crippen molar-refractivity contribution in [1.82, 2.24) is 4.90 Å². The number of aryl methyl sites for hydroxylation is 1. The zero-order chi connectivity index (χ0) is 20.8. The molecule has 0 N–H and O–H groups in total. The van der Waals surface area contributed by atoms with Crippen LogP contribution in [0.1, 0.15) is 27.2 Å². The standard InChI is InChI=1S/C21H19Cl2NO3S2/c1-13-6-7-16-18(10-13)28-20(19(16)23)21(25)24(15-8-9-29(26,27)12-15)11-14-4-2-3-5-17(14)22/h2-7,10,15H,8-9,11-12H2,1H3. The smallest absolute Gasteiger partial charge is 0.266 e. The van der Waals surface area contributed by atoms with Crippen LogP contribution in [0.25, 0.3) is 10.1 Å². The molecular formula is C21H19Cl2NO3S2. The third-order valence-electron chi connectivity index (χ3n) is 5.19. The van der Waals surface area contributed by atoms with Crippen molar-refractivity contribution in [3.8, 4) is 0 Å². The van der Waals surface area contributed by atoms with Crippen molar-refractivity contribution in [2.75, 3.05) is 11.5 Å². The molecule has 1 saturated heterocycles. The maximum atomic E-state index is 13.5. The summed E-state index contributed by atoms with van der Waals surface area (Å²) in [5, 5.41) is 1.80. The topological polar surface area (TPSA) is 54.5 Å². The van der Waals surface area contributed by atoms with Crippen molar-refractivity contribution in [2.24, 2.45) is 0 Å². The monoisotopic (exact) mass is 467 g/mol. The van der Waals surface area contributed by atoms with Gasteiger partial charge in [0.2, 0.25) is 0 Å². The summed E-state index contributed by atoms with van der Waals surface area (Å²) in [6, 6.07) is 12.8. The quantitative estimate of drug-likeness (QED) is 0.519. The number of hydrogen-bond donors (Lipinski definition) is 0. The highest BCUT2D eigenvalue weighted by atomic mass is 35.5. The van der Waals surface area contributed by atoms with Crippen LogP contribution < -0.4 is 0 Å². The van der Waals surface area contributed by atoms with E-state index in [0.717, 1.165) is 21.2 Å². The van der Waals surface area contributed by atoms with Crippen LogP contribution in [0.2, 0.25) is 10.0 Å². The molecule has 1 aliphatic rings. The number of hydrogen-bond acceptors (Lipinski definition) is 4. The molecule has 0 saturated carbocycles. The molecule has 4 nitrogen and oxygen atoms in total. The number of carbonyl (C=O) groups is 1. The first kappa shape index (κ1) is 20.7. The van der Waals surface area contributed by atoms with Gasteiger partial charge >= 0.3 is 0 Å². The molecule has 1 atom stereocenters. The van der Waals surface area contributed by atoms with Gasteiger partial charge in [0, 0.05) is 27.7 Å². The summed E-state index contributed by atoms with van der Waals surface area (Å²) < 4.78 is 25.1. The van der Waals surface area contributed by atoms with E-state index < -0.39 is 15.9 Å². The van der Waals surface area contributed by atoms with Gasteiger partial charge in [-0.15, -0.1) is 11.3 Å². The van der Waals surface area contributed by atoms with Crippen LogP contribution in [0.3, 0.4) is 0 Å². The number of thiophene rings is 1. The summed E-state index contributed by atoms with van der Waals surface area (Å²) in [5.74, 6) is -0.204. The van der Waals surface area contributed by atoms with E-state index in [1.54, 1.807) is 11.0 Å². The number of carbonyl (C=O) groups excluding carboxylic acids is 1. The maximum absolute atomic E-state index is 13.5. The predicted molar refractivity (Wildman–Crippen MR) is 120 cm³/mol. The van der Waals surface area contributed by atoms with Crippen LogP contribution in [-0.2, 0) is 16.4 Å². The molecule has 29 heavy (non-hydrogen) atoms. The average Bonchev–Trinajstić information content (AvgIpc) is 3.19. The summed E-state index contributed by atoms with van der Waals surface area (Å²) in [7, 11) is -3.16. The van der Waals surface area contributed by atoms with Gasteiger partial charge < -0.3 is 4.90 Å². The molecule has 0 spiro atoms. The lowest BCUT2D eigenvalue weighted by molar-refractivity contribution is 0.0686. The van der Waals surface area contributed by atoms with E-state index in [4.69, 9.17) is 23.2 Å². The Balaban J connectivity index is 1.75. The Bertz CT molecular complexity index is 1200. The van der Waals surface area contributed by atoms with Crippen LogP contribution in [0.5, 0.6) is 0 Å². The van der Waals surface area contributed by atoms with Gasteiger partial charge in [0.05, 0.1) is 16.5 Å². The molecule has 0 radical (unpaired) electrons. The first-order valence-corrected chi connectivity index (χ1v) is 12.6. The van der Waals surface area contributed by atoms with Crippen LogP contribution in [0, 0.1) is 6.92 Å². The molecule has 1 amide bonds. The van der Waals surface area contributed by atoms with Crippen LogP contribution in [0.15, 0.2) is 42.5 Å². The lowest BCUT2D eigenvalue weighted by atomic mass is 10.1. The molecule has 1 aliphatic heterocycles. The highest BCUT2D eigenvalue weighted by molar-refractivity contribution is 7.91. The largest absolute Gasteiger partial charge is 0.329 e. The third-order valence-corrected chi connectivity index (χ3v) is 8.95. The molecule has 3 aromatic rings. The van der Waals surface area contributed by atoms with Gasteiger partial charge in [-0.1, -0.05) is 53.5 Å². The fourth-order valence-electron chi connectivity index (χ4n) is 3.64. The second-order valence-electron chi connectivity index (χ2n) is 7.33. The fraction of sp³-hybridized carbons (Fsp3) is 0.286. The van der Waals surface area contributed by atoms with E-state index in [1.165, 1.54) is 11.3 Å². The van der Waals surface area contributed by atoms with E-state index in [-0.39, 0.29) is 24.0 Å². The minimum atomic E-state index is -3.16. The van der Waals surface area contributed by atoms with Crippen molar-refractivity contribution < 1.29 is 13.2 Å². The second kappa shape index (κ2) is 7.91. The average molecular weight is 468 g/mol. The number of amides is 1. The maximum Gasteiger partial charge on any atom is 0.266 e. The highest BCUT2D eigenvalue weighted by Gasteiger charge is 2.36. The first-order valence-electron chi connectivity index (χ1n) is 9.18. The van der Waals surface area contributed by atoms with E-state index >= 15 is 0 Å². The molecule has 8 heteroatoms. The van der Waals surface area contributed by atoms with Gasteiger partial charge in [-0.05, 0) is 36.6 Å². The SMILES string of the molecule is Cc1ccc2c(Cl)c(C(=O)N(Cc3ccccc3Cl)C3CCS(=O)(=O)C3)sc2c1. The number of sulfone groups is 1. The normalized spacial score (nSPS) is 18.2. The molecule has 4 rings (SSSR count). The summed E-state index contributed by atoms with van der Waals surface area (Å²) in [5.41, 5.74) is 1.86. The Morgan fingerprint density at radius 2 is 1.97 bits per heavy atom. The minimum absolute atomic E-state index is 0.0369. The van der Waals surface area contributed by atoms with Crippen LogP contribution >= 0.6 is 34.5 Å². The summed E-state index contributed by atoms with van der Waals surface area (Å²) >= 11 is 14.2. The lowest BCUT2D eigenvalue weighted by Gasteiger charge is -2.28. The van der Waals surface area contributed by atoms with Crippen LogP contribution in [0.4, 0.5) is 0 Å². The fourth-order valence-corrected chi connectivity index (χ4v) is 7.13. The Labute approximate surface area is 184 Å². The van der Waals surface area contributed by atoms with Crippen molar-refractivity contribution in [3.63, 3.8) is 0 Å². The van der Waals surface area contributed by atoms with Gasteiger partial charge in [-0.3, -0.25) is 4.79 Å². The van der Waals surface area contributed by atoms with Crippen LogP contribution in [-0.4, -0.2) is 36.8 Å². The van der Waals surface area contributed by atoms with E-state index in [0.29, 0.717) is 21.3 Å². The molecule has 0 bridgehead atoms. The zero-order valence-corrected chi connectivity index (χ0v) is 18.8. The Morgan fingerprint density at radius 1 is 1.21 bits per heavy atom. The molecule has 0 aliphatic carbocycles. The van der Waals surface area contributed by atoms with Crippen molar-refractivity contribution >= 4 is 60.4 Å². The Morgan fingerprint density at radius 3 is 2.66 bits per heavy atom. The number of fused-ring (bicyclic) bond motifs is 1. The third kappa shape index (κ3) is 4.17. The molecule has 1 fully saturated rings. The number of halogens is 2. The van der Waals surface area contributed by atoms with E-state index in [9.17, 15) is 13.2 Å². The second-order valence-corrected chi connectivity index (χ2v) is 11.4. The highest BCUT2D eigenvalue weighted by Crippen LogP contribution is 2.38. The first-order chi connectivity index (χ1) is 13.7. The van der Waals surface area contributed by atoms with Crippen molar-refractivity contribution in [3.05, 3.63) is 68.5 Å². The molecule has 1 unspecified atom stereocenters. The predicted octanol–water partition coefficient (Wildman–Crippen LogP) is 5.35. The molecule has 1 aromatic heterocycles. The summed E-state index contributed by atoms with van der Waals surface area (Å²) in [6.07, 6.45) is 0.417. The van der Waals surface area contributed by atoms with Crippen molar-refractivity contribution in [1.29, 1.82) is 0 Å². The summed E-state index contributed by atoms with van der Waals surface area (Å²) in [4.78, 5) is 15.6. The lowest BCUT2D eigenvalue weighted by Crippen LogP contribution is -2.40.